The molecule has 0 aromatic rings. The van der Waals surface area contributed by atoms with Crippen molar-refractivity contribution in [3.05, 3.63) is 0 Å². The summed E-state index contributed by atoms with van der Waals surface area (Å²) >= 11 is 0. The van der Waals surface area contributed by atoms with Gasteiger partial charge in [0.2, 0.25) is 0 Å². The lowest BCUT2D eigenvalue weighted by atomic mass is 10.0. The van der Waals surface area contributed by atoms with E-state index in [0.717, 1.165) is 19.1 Å². The smallest absolute Gasteiger partial charge is 0.0628 e. The summed E-state index contributed by atoms with van der Waals surface area (Å²) in [4.78, 5) is 2.57. The van der Waals surface area contributed by atoms with Crippen LogP contribution in [0.4, 0.5) is 0 Å². The second-order valence-electron chi connectivity index (χ2n) is 4.78. The third-order valence-electron chi connectivity index (χ3n) is 3.36. The zero-order chi connectivity index (χ0) is 11.1. The Morgan fingerprint density at radius 3 is 2.87 bits per heavy atom. The molecule has 1 heterocycles. The molecule has 0 aromatic carbocycles. The quantitative estimate of drug-likeness (QED) is 0.747. The van der Waals surface area contributed by atoms with E-state index in [2.05, 4.69) is 17.1 Å². The minimum absolute atomic E-state index is 0.475. The number of hydrogen-bond acceptors (Lipinski definition) is 3. The number of nitrogens with one attached hydrogen (secondary N) is 1. The molecule has 90 valence electrons. The summed E-state index contributed by atoms with van der Waals surface area (Å²) in [6.45, 7) is 6.81. The molecular weight excluding hydrogens is 188 g/mol. The molecule has 3 nitrogen and oxygen atoms in total. The second-order valence-corrected chi connectivity index (χ2v) is 4.78. The Morgan fingerprint density at radius 1 is 1.40 bits per heavy atom. The van der Waals surface area contributed by atoms with E-state index in [1.807, 2.05) is 7.05 Å². The van der Waals surface area contributed by atoms with Gasteiger partial charge in [0, 0.05) is 19.7 Å². The van der Waals surface area contributed by atoms with Crippen LogP contribution in [0.15, 0.2) is 0 Å². The topological polar surface area (TPSA) is 24.5 Å². The maximum Gasteiger partial charge on any atom is 0.0628 e. The van der Waals surface area contributed by atoms with Crippen LogP contribution in [-0.2, 0) is 4.74 Å². The summed E-state index contributed by atoms with van der Waals surface area (Å²) in [5, 5.41) is 3.32. The predicted molar refractivity (Wildman–Crippen MR) is 64.2 cm³/mol. The van der Waals surface area contributed by atoms with E-state index in [-0.39, 0.29) is 0 Å². The molecule has 0 aliphatic carbocycles. The van der Waals surface area contributed by atoms with Gasteiger partial charge in [-0.2, -0.15) is 0 Å². The minimum atomic E-state index is 0.475. The van der Waals surface area contributed by atoms with Crippen LogP contribution in [0.3, 0.4) is 0 Å². The Morgan fingerprint density at radius 2 is 2.20 bits per heavy atom. The Hall–Kier alpha value is -0.120. The average Bonchev–Trinajstić information content (AvgIpc) is 2.43. The predicted octanol–water partition coefficient (Wildman–Crippen LogP) is 1.34. The molecule has 15 heavy (non-hydrogen) atoms. The summed E-state index contributed by atoms with van der Waals surface area (Å²) in [7, 11) is 3.79. The van der Waals surface area contributed by atoms with E-state index in [9.17, 15) is 0 Å². The fourth-order valence-corrected chi connectivity index (χ4v) is 2.25. The van der Waals surface area contributed by atoms with Crippen molar-refractivity contribution in [3.8, 4) is 0 Å². The van der Waals surface area contributed by atoms with E-state index in [4.69, 9.17) is 4.74 Å². The first-order chi connectivity index (χ1) is 7.26. The lowest BCUT2D eigenvalue weighted by Crippen LogP contribution is -2.42. The van der Waals surface area contributed by atoms with Crippen molar-refractivity contribution in [2.24, 2.45) is 5.92 Å². The molecule has 0 spiro atoms. The maximum atomic E-state index is 5.20. The standard InChI is InChI=1S/C12H26N2O/c1-11-5-4-7-14(8-6-11)9-12(13-2)10-15-3/h11-13H,4-10H2,1-3H3. The molecule has 1 aliphatic rings. The second kappa shape index (κ2) is 7.20. The monoisotopic (exact) mass is 214 g/mol. The third kappa shape index (κ3) is 4.96. The summed E-state index contributed by atoms with van der Waals surface area (Å²) in [5.74, 6) is 0.908. The van der Waals surface area contributed by atoms with Crippen molar-refractivity contribution >= 4 is 0 Å². The zero-order valence-electron chi connectivity index (χ0n) is 10.5. The van der Waals surface area contributed by atoms with Gasteiger partial charge in [0.05, 0.1) is 6.61 Å². The lowest BCUT2D eigenvalue weighted by molar-refractivity contribution is 0.142. The fraction of sp³-hybridized carbons (Fsp3) is 1.00. The van der Waals surface area contributed by atoms with Crippen LogP contribution in [0.2, 0.25) is 0 Å². The van der Waals surface area contributed by atoms with Gasteiger partial charge in [-0.15, -0.1) is 0 Å². The third-order valence-corrected chi connectivity index (χ3v) is 3.36. The fourth-order valence-electron chi connectivity index (χ4n) is 2.25. The summed E-state index contributed by atoms with van der Waals surface area (Å²) in [6.07, 6.45) is 4.10. The largest absolute Gasteiger partial charge is 0.383 e. The van der Waals surface area contributed by atoms with E-state index in [0.29, 0.717) is 6.04 Å². The molecule has 0 saturated carbocycles. The molecular formula is C12H26N2O. The Balaban J connectivity index is 2.29. The van der Waals surface area contributed by atoms with Gasteiger partial charge in [-0.3, -0.25) is 0 Å². The van der Waals surface area contributed by atoms with E-state index >= 15 is 0 Å². The van der Waals surface area contributed by atoms with E-state index in [1.54, 1.807) is 7.11 Å². The van der Waals surface area contributed by atoms with Crippen molar-refractivity contribution in [2.45, 2.75) is 32.2 Å². The Kier molecular flexibility index (Phi) is 6.22. The maximum absolute atomic E-state index is 5.20. The van der Waals surface area contributed by atoms with E-state index in [1.165, 1.54) is 32.4 Å². The minimum Gasteiger partial charge on any atom is -0.383 e. The molecule has 1 aliphatic heterocycles. The molecule has 0 aromatic heterocycles. The number of methoxy groups -OCH3 is 1. The van der Waals surface area contributed by atoms with Crippen LogP contribution in [-0.4, -0.2) is 51.3 Å². The van der Waals surface area contributed by atoms with Gasteiger partial charge < -0.3 is 15.0 Å². The molecule has 1 fully saturated rings. The number of nitrogens with zero attached hydrogens (tertiary/aromatic N) is 1. The molecule has 0 radical (unpaired) electrons. The van der Waals surface area contributed by atoms with Crippen LogP contribution >= 0.6 is 0 Å². The van der Waals surface area contributed by atoms with Crippen LogP contribution in [0.1, 0.15) is 26.2 Å². The molecule has 1 saturated heterocycles. The number of ether oxygens (including phenoxy) is 1. The van der Waals surface area contributed by atoms with Crippen molar-refractivity contribution in [2.75, 3.05) is 40.4 Å². The van der Waals surface area contributed by atoms with Crippen molar-refractivity contribution in [1.82, 2.24) is 10.2 Å². The first-order valence-corrected chi connectivity index (χ1v) is 6.14. The van der Waals surface area contributed by atoms with Gasteiger partial charge >= 0.3 is 0 Å². The van der Waals surface area contributed by atoms with Crippen molar-refractivity contribution in [3.63, 3.8) is 0 Å². The Labute approximate surface area is 94.2 Å². The Bertz CT molecular complexity index is 164. The van der Waals surface area contributed by atoms with E-state index < -0.39 is 0 Å². The van der Waals surface area contributed by atoms with Crippen LogP contribution in [0, 0.1) is 5.92 Å². The molecule has 1 rings (SSSR count). The first kappa shape index (κ1) is 12.9. The number of hydrogen-bond donors (Lipinski definition) is 1. The number of rotatable bonds is 5. The molecule has 2 atom stereocenters. The molecule has 2 unspecified atom stereocenters. The van der Waals surface area contributed by atoms with Gasteiger partial charge in [0.1, 0.15) is 0 Å². The highest BCUT2D eigenvalue weighted by Crippen LogP contribution is 2.16. The van der Waals surface area contributed by atoms with Crippen molar-refractivity contribution < 1.29 is 4.74 Å². The summed E-state index contributed by atoms with van der Waals surface area (Å²) < 4.78 is 5.20. The molecule has 0 amide bonds. The van der Waals surface area contributed by atoms with Crippen LogP contribution in [0.25, 0.3) is 0 Å². The van der Waals surface area contributed by atoms with Crippen LogP contribution < -0.4 is 5.32 Å². The van der Waals surface area contributed by atoms with Crippen molar-refractivity contribution in [1.29, 1.82) is 0 Å². The first-order valence-electron chi connectivity index (χ1n) is 6.14. The SMILES string of the molecule is CNC(COC)CN1CCCC(C)CC1. The van der Waals surface area contributed by atoms with Gasteiger partial charge in [-0.1, -0.05) is 6.92 Å². The van der Waals surface area contributed by atoms with Gasteiger partial charge in [0.15, 0.2) is 0 Å². The summed E-state index contributed by atoms with van der Waals surface area (Å²) in [6, 6.07) is 0.475. The van der Waals surface area contributed by atoms with Gasteiger partial charge in [-0.05, 0) is 45.3 Å². The highest BCUT2D eigenvalue weighted by molar-refractivity contribution is 4.73. The normalized spacial score (nSPS) is 26.2. The lowest BCUT2D eigenvalue weighted by Gasteiger charge is -2.25. The molecule has 0 bridgehead atoms. The number of likely N-dealkylation sites (tertiary alicyclic amines) is 1. The zero-order valence-corrected chi connectivity index (χ0v) is 10.5. The molecule has 3 heteroatoms. The average molecular weight is 214 g/mol. The summed E-state index contributed by atoms with van der Waals surface area (Å²) in [5.41, 5.74) is 0. The number of likely N-dealkylation sites (N-methyl/N-ethyl adjacent to an activating group) is 1. The highest BCUT2D eigenvalue weighted by Gasteiger charge is 2.16. The molecule has 1 N–H and O–H groups in total. The van der Waals surface area contributed by atoms with Gasteiger partial charge in [-0.25, -0.2) is 0 Å². The highest BCUT2D eigenvalue weighted by atomic mass is 16.5. The van der Waals surface area contributed by atoms with Crippen LogP contribution in [0.5, 0.6) is 0 Å². The van der Waals surface area contributed by atoms with Gasteiger partial charge in [0.25, 0.3) is 0 Å².